The van der Waals surface area contributed by atoms with Crippen molar-refractivity contribution in [2.24, 2.45) is 0 Å². The number of anilines is 1. The number of benzene rings is 1. The number of aromatic nitrogens is 2. The number of fused-ring (bicyclic) bond motifs is 1. The van der Waals surface area contributed by atoms with Crippen LogP contribution in [-0.4, -0.2) is 34.5 Å². The van der Waals surface area contributed by atoms with Crippen LogP contribution in [0, 0.1) is 0 Å². The van der Waals surface area contributed by atoms with Crippen LogP contribution >= 0.6 is 0 Å². The predicted octanol–water partition coefficient (Wildman–Crippen LogP) is 2.44. The van der Waals surface area contributed by atoms with Crippen LogP contribution in [-0.2, 0) is 4.74 Å². The second-order valence-electron chi connectivity index (χ2n) is 6.16. The Balaban J connectivity index is 1.92. The fourth-order valence-electron chi connectivity index (χ4n) is 1.89. The van der Waals surface area contributed by atoms with Gasteiger partial charge in [-0.2, -0.15) is 5.10 Å². The maximum Gasteiger partial charge on any atom is 0.407 e. The van der Waals surface area contributed by atoms with Gasteiger partial charge in [-0.3, -0.25) is 5.10 Å². The topological polar surface area (TPSA) is 102 Å². The molecule has 7 heteroatoms. The van der Waals surface area contributed by atoms with Gasteiger partial charge in [-0.1, -0.05) is 0 Å². The Morgan fingerprint density at radius 2 is 2.18 bits per heavy atom. The van der Waals surface area contributed by atoms with Crippen LogP contribution in [0.15, 0.2) is 18.3 Å². The molecule has 2 aromatic rings. The number of nitrogens with zero attached hydrogens (tertiary/aromatic N) is 1. The largest absolute Gasteiger partial charge is 0.487 e. The first kappa shape index (κ1) is 15.9. The summed E-state index contributed by atoms with van der Waals surface area (Å²) in [6.45, 7) is 7.59. The molecule has 22 heavy (non-hydrogen) atoms. The van der Waals surface area contributed by atoms with E-state index < -0.39 is 11.7 Å². The van der Waals surface area contributed by atoms with E-state index in [1.54, 1.807) is 18.3 Å². The van der Waals surface area contributed by atoms with Gasteiger partial charge in [0.2, 0.25) is 0 Å². The zero-order valence-corrected chi connectivity index (χ0v) is 13.3. The molecule has 0 aliphatic heterocycles. The normalized spacial score (nSPS) is 12.9. The number of nitrogens with one attached hydrogen (secondary N) is 2. The monoisotopic (exact) mass is 306 g/mol. The van der Waals surface area contributed by atoms with Gasteiger partial charge in [0.1, 0.15) is 17.5 Å². The zero-order valence-electron chi connectivity index (χ0n) is 13.3. The first-order valence-corrected chi connectivity index (χ1v) is 7.11. The molecule has 1 aromatic heterocycles. The minimum absolute atomic E-state index is 0.254. The summed E-state index contributed by atoms with van der Waals surface area (Å²) in [5, 5.41) is 10.4. The molecular formula is C15H22N4O3. The van der Waals surface area contributed by atoms with E-state index in [4.69, 9.17) is 15.2 Å². The molecule has 0 spiro atoms. The number of rotatable bonds is 4. The van der Waals surface area contributed by atoms with E-state index in [9.17, 15) is 4.79 Å². The third-order valence-electron chi connectivity index (χ3n) is 2.83. The summed E-state index contributed by atoms with van der Waals surface area (Å²) in [6.07, 6.45) is 0.971. The molecule has 1 aromatic carbocycles. The maximum atomic E-state index is 11.6. The number of nitrogens with two attached hydrogens (primary N) is 1. The second-order valence-corrected chi connectivity index (χ2v) is 6.16. The number of aromatic amines is 1. The Hall–Kier alpha value is -2.44. The number of amides is 1. The smallest absolute Gasteiger partial charge is 0.407 e. The summed E-state index contributed by atoms with van der Waals surface area (Å²) in [7, 11) is 0. The molecule has 7 nitrogen and oxygen atoms in total. The number of alkyl carbamates (subject to hydrolysis) is 1. The second kappa shape index (κ2) is 6.13. The summed E-state index contributed by atoms with van der Waals surface area (Å²) < 4.78 is 10.9. The SMILES string of the molecule is CC(CNC(=O)OC(C)(C)C)Oc1cc2[nH]ncc2cc1N. The lowest BCUT2D eigenvalue weighted by molar-refractivity contribution is 0.0505. The van der Waals surface area contributed by atoms with Crippen molar-refractivity contribution >= 4 is 22.7 Å². The molecule has 0 saturated heterocycles. The number of nitrogen functional groups attached to an aromatic ring is 1. The molecular weight excluding hydrogens is 284 g/mol. The standard InChI is InChI=1S/C15H22N4O3/c1-9(7-17-14(20)22-15(2,3)4)21-13-6-12-10(5-11(13)16)8-18-19-12/h5-6,8-9H,7,16H2,1-4H3,(H,17,20)(H,18,19). The average Bonchev–Trinajstić information content (AvgIpc) is 2.82. The molecule has 1 atom stereocenters. The Morgan fingerprint density at radius 1 is 1.45 bits per heavy atom. The van der Waals surface area contributed by atoms with Crippen LogP contribution in [0.4, 0.5) is 10.5 Å². The van der Waals surface area contributed by atoms with Crippen LogP contribution in [0.1, 0.15) is 27.7 Å². The summed E-state index contributed by atoms with van der Waals surface area (Å²) in [5.41, 5.74) is 6.80. The highest BCUT2D eigenvalue weighted by Gasteiger charge is 2.17. The molecule has 1 unspecified atom stereocenters. The van der Waals surface area contributed by atoms with Crippen molar-refractivity contribution in [2.75, 3.05) is 12.3 Å². The number of carbonyl (C=O) groups is 1. The van der Waals surface area contributed by atoms with Crippen LogP contribution in [0.25, 0.3) is 10.9 Å². The van der Waals surface area contributed by atoms with Gasteiger partial charge in [0.15, 0.2) is 0 Å². The fraction of sp³-hybridized carbons (Fsp3) is 0.467. The van der Waals surface area contributed by atoms with Crippen LogP contribution in [0.5, 0.6) is 5.75 Å². The summed E-state index contributed by atoms with van der Waals surface area (Å²) in [5.74, 6) is 0.551. The zero-order chi connectivity index (χ0) is 16.3. The number of ether oxygens (including phenoxy) is 2. The molecule has 0 saturated carbocycles. The quantitative estimate of drug-likeness (QED) is 0.753. The highest BCUT2D eigenvalue weighted by Crippen LogP contribution is 2.27. The van der Waals surface area contributed by atoms with E-state index in [0.717, 1.165) is 10.9 Å². The van der Waals surface area contributed by atoms with Crippen LogP contribution in [0.3, 0.4) is 0 Å². The van der Waals surface area contributed by atoms with Crippen molar-refractivity contribution < 1.29 is 14.3 Å². The van der Waals surface area contributed by atoms with Crippen molar-refractivity contribution in [3.8, 4) is 5.75 Å². The molecule has 0 fully saturated rings. The van der Waals surface area contributed by atoms with Crippen molar-refractivity contribution in [1.82, 2.24) is 15.5 Å². The molecule has 0 radical (unpaired) electrons. The highest BCUT2D eigenvalue weighted by molar-refractivity contribution is 5.84. The molecule has 2 rings (SSSR count). The minimum atomic E-state index is -0.524. The summed E-state index contributed by atoms with van der Waals surface area (Å²) in [4.78, 5) is 11.6. The first-order valence-electron chi connectivity index (χ1n) is 7.11. The number of hydrogen-bond donors (Lipinski definition) is 3. The van der Waals surface area contributed by atoms with Gasteiger partial charge >= 0.3 is 6.09 Å². The minimum Gasteiger partial charge on any atom is -0.487 e. The van der Waals surface area contributed by atoms with E-state index in [1.165, 1.54) is 0 Å². The van der Waals surface area contributed by atoms with Crippen molar-refractivity contribution in [3.05, 3.63) is 18.3 Å². The lowest BCUT2D eigenvalue weighted by atomic mass is 10.2. The number of hydrogen-bond acceptors (Lipinski definition) is 5. The first-order chi connectivity index (χ1) is 10.2. The molecule has 1 amide bonds. The van der Waals surface area contributed by atoms with E-state index in [2.05, 4.69) is 15.5 Å². The lowest BCUT2D eigenvalue weighted by Gasteiger charge is -2.21. The van der Waals surface area contributed by atoms with Crippen molar-refractivity contribution in [2.45, 2.75) is 39.4 Å². The van der Waals surface area contributed by atoms with Gasteiger partial charge in [-0.15, -0.1) is 0 Å². The molecule has 0 bridgehead atoms. The average molecular weight is 306 g/mol. The molecule has 4 N–H and O–H groups in total. The van der Waals surface area contributed by atoms with E-state index in [1.807, 2.05) is 27.7 Å². The molecule has 0 aliphatic rings. The third kappa shape index (κ3) is 4.28. The van der Waals surface area contributed by atoms with Gasteiger partial charge in [0, 0.05) is 11.5 Å². The van der Waals surface area contributed by atoms with Crippen molar-refractivity contribution in [1.29, 1.82) is 0 Å². The summed E-state index contributed by atoms with van der Waals surface area (Å²) >= 11 is 0. The Kier molecular flexibility index (Phi) is 4.44. The molecule has 1 heterocycles. The van der Waals surface area contributed by atoms with Crippen molar-refractivity contribution in [3.63, 3.8) is 0 Å². The lowest BCUT2D eigenvalue weighted by Crippen LogP contribution is -2.37. The number of H-pyrrole nitrogens is 1. The van der Waals surface area contributed by atoms with E-state index >= 15 is 0 Å². The van der Waals surface area contributed by atoms with Gasteiger partial charge in [-0.25, -0.2) is 4.79 Å². The Bertz CT molecular complexity index is 660. The van der Waals surface area contributed by atoms with Crippen LogP contribution < -0.4 is 15.8 Å². The highest BCUT2D eigenvalue weighted by atomic mass is 16.6. The van der Waals surface area contributed by atoms with Gasteiger partial charge in [0.25, 0.3) is 0 Å². The molecule has 120 valence electrons. The molecule has 0 aliphatic carbocycles. The summed E-state index contributed by atoms with van der Waals surface area (Å²) in [6, 6.07) is 3.59. The Morgan fingerprint density at radius 3 is 2.86 bits per heavy atom. The Labute approximate surface area is 129 Å². The third-order valence-corrected chi connectivity index (χ3v) is 2.83. The van der Waals surface area contributed by atoms with Crippen LogP contribution in [0.2, 0.25) is 0 Å². The van der Waals surface area contributed by atoms with Gasteiger partial charge in [-0.05, 0) is 33.8 Å². The van der Waals surface area contributed by atoms with Gasteiger partial charge in [0.05, 0.1) is 23.9 Å². The predicted molar refractivity (Wildman–Crippen MR) is 84.8 cm³/mol. The van der Waals surface area contributed by atoms with E-state index in [0.29, 0.717) is 18.0 Å². The van der Waals surface area contributed by atoms with E-state index in [-0.39, 0.29) is 6.10 Å². The fourth-order valence-corrected chi connectivity index (χ4v) is 1.89. The van der Waals surface area contributed by atoms with Gasteiger partial charge < -0.3 is 20.5 Å². The maximum absolute atomic E-state index is 11.6. The number of carbonyl (C=O) groups excluding carboxylic acids is 1.